The van der Waals surface area contributed by atoms with E-state index in [0.717, 1.165) is 11.3 Å². The van der Waals surface area contributed by atoms with E-state index in [1.165, 1.54) is 0 Å². The summed E-state index contributed by atoms with van der Waals surface area (Å²) in [6, 6.07) is 13.6. The third-order valence-corrected chi connectivity index (χ3v) is 3.50. The van der Waals surface area contributed by atoms with Crippen LogP contribution in [0.5, 0.6) is 0 Å². The normalized spacial score (nSPS) is 10.3. The van der Waals surface area contributed by atoms with Gasteiger partial charge in [-0.25, -0.2) is 4.98 Å². The molecule has 0 spiro atoms. The van der Waals surface area contributed by atoms with Crippen LogP contribution in [0.25, 0.3) is 0 Å². The molecule has 1 aromatic heterocycles. The van der Waals surface area contributed by atoms with Gasteiger partial charge in [-0.2, -0.15) is 0 Å². The van der Waals surface area contributed by atoms with E-state index < -0.39 is 0 Å². The van der Waals surface area contributed by atoms with Crippen molar-refractivity contribution < 1.29 is 9.53 Å². The zero-order valence-corrected chi connectivity index (χ0v) is 13.7. The first kappa shape index (κ1) is 17.0. The van der Waals surface area contributed by atoms with Crippen LogP contribution in [0.15, 0.2) is 48.7 Å². The molecule has 1 amide bonds. The number of hydrogen-bond donors (Lipinski definition) is 1. The lowest BCUT2D eigenvalue weighted by molar-refractivity contribution is 0.0746. The van der Waals surface area contributed by atoms with Gasteiger partial charge >= 0.3 is 0 Å². The molecule has 0 atom stereocenters. The summed E-state index contributed by atoms with van der Waals surface area (Å²) in [5.41, 5.74) is 2.45. The van der Waals surface area contributed by atoms with Gasteiger partial charge < -0.3 is 15.0 Å². The van der Waals surface area contributed by atoms with E-state index in [-0.39, 0.29) is 5.91 Å². The van der Waals surface area contributed by atoms with Crippen molar-refractivity contribution in [2.75, 3.05) is 32.1 Å². The molecule has 0 aliphatic heterocycles. The van der Waals surface area contributed by atoms with Crippen LogP contribution < -0.4 is 5.32 Å². The van der Waals surface area contributed by atoms with Crippen LogP contribution in [0.1, 0.15) is 23.0 Å². The summed E-state index contributed by atoms with van der Waals surface area (Å²) in [4.78, 5) is 18.6. The van der Waals surface area contributed by atoms with E-state index in [2.05, 4.69) is 10.3 Å². The zero-order chi connectivity index (χ0) is 16.5. The summed E-state index contributed by atoms with van der Waals surface area (Å²) >= 11 is 0. The Morgan fingerprint density at radius 1 is 1.22 bits per heavy atom. The highest BCUT2D eigenvalue weighted by atomic mass is 16.5. The Morgan fingerprint density at radius 2 is 2.00 bits per heavy atom. The molecule has 5 nitrogen and oxygen atoms in total. The van der Waals surface area contributed by atoms with Crippen LogP contribution >= 0.6 is 0 Å². The molecule has 0 saturated carbocycles. The number of rotatable bonds is 8. The number of nitrogens with one attached hydrogen (secondary N) is 1. The lowest BCUT2D eigenvalue weighted by atomic mass is 10.2. The molecule has 2 aromatic rings. The maximum Gasteiger partial charge on any atom is 0.272 e. The van der Waals surface area contributed by atoms with Crippen molar-refractivity contribution in [3.05, 3.63) is 59.9 Å². The fourth-order valence-corrected chi connectivity index (χ4v) is 2.22. The van der Waals surface area contributed by atoms with Gasteiger partial charge in [0, 0.05) is 26.7 Å². The maximum atomic E-state index is 12.6. The van der Waals surface area contributed by atoms with Crippen molar-refractivity contribution in [2.24, 2.45) is 0 Å². The minimum absolute atomic E-state index is 0.0557. The van der Waals surface area contributed by atoms with E-state index in [1.807, 2.05) is 43.3 Å². The first-order chi connectivity index (χ1) is 11.2. The third-order valence-electron chi connectivity index (χ3n) is 3.50. The molecule has 5 heteroatoms. The average Bonchev–Trinajstić information content (AvgIpc) is 2.61. The van der Waals surface area contributed by atoms with Gasteiger partial charge in [-0.15, -0.1) is 0 Å². The van der Waals surface area contributed by atoms with Crippen molar-refractivity contribution >= 4 is 11.6 Å². The Hall–Kier alpha value is -2.40. The predicted octanol–water partition coefficient (Wildman–Crippen LogP) is 2.80. The van der Waals surface area contributed by atoms with Gasteiger partial charge in [-0.05, 0) is 24.6 Å². The second-order valence-electron chi connectivity index (χ2n) is 5.16. The van der Waals surface area contributed by atoms with E-state index >= 15 is 0 Å². The van der Waals surface area contributed by atoms with Gasteiger partial charge in [0.25, 0.3) is 5.91 Å². The Labute approximate surface area is 137 Å². The number of ether oxygens (including phenoxy) is 1. The molecule has 0 fully saturated rings. The topological polar surface area (TPSA) is 54.5 Å². The summed E-state index contributed by atoms with van der Waals surface area (Å²) in [7, 11) is 1.66. The lowest BCUT2D eigenvalue weighted by Gasteiger charge is -2.20. The van der Waals surface area contributed by atoms with Crippen LogP contribution in [-0.4, -0.2) is 42.6 Å². The molecule has 2 rings (SSSR count). The van der Waals surface area contributed by atoms with Crippen molar-refractivity contribution in [3.8, 4) is 0 Å². The standard InChI is InChI=1S/C18H23N3O2/c1-3-21(14-15-7-5-4-6-8-15)18(22)17-10-9-16(13-20-17)19-11-12-23-2/h4-10,13,19H,3,11-12,14H2,1-2H3. The largest absolute Gasteiger partial charge is 0.383 e. The monoisotopic (exact) mass is 313 g/mol. The smallest absolute Gasteiger partial charge is 0.272 e. The van der Waals surface area contributed by atoms with Gasteiger partial charge in [-0.1, -0.05) is 30.3 Å². The summed E-state index contributed by atoms with van der Waals surface area (Å²) in [6.07, 6.45) is 1.68. The zero-order valence-electron chi connectivity index (χ0n) is 13.7. The average molecular weight is 313 g/mol. The molecule has 1 aromatic carbocycles. The Bertz CT molecular complexity index is 599. The summed E-state index contributed by atoms with van der Waals surface area (Å²) in [5, 5.41) is 3.18. The van der Waals surface area contributed by atoms with Gasteiger partial charge in [0.15, 0.2) is 0 Å². The van der Waals surface area contributed by atoms with Crippen LogP contribution in [0, 0.1) is 0 Å². The Morgan fingerprint density at radius 3 is 2.61 bits per heavy atom. The highest BCUT2D eigenvalue weighted by molar-refractivity contribution is 5.92. The molecular formula is C18H23N3O2. The molecule has 23 heavy (non-hydrogen) atoms. The Balaban J connectivity index is 2.00. The maximum absolute atomic E-state index is 12.6. The van der Waals surface area contributed by atoms with Crippen LogP contribution in [0.4, 0.5) is 5.69 Å². The number of hydrogen-bond acceptors (Lipinski definition) is 4. The summed E-state index contributed by atoms with van der Waals surface area (Å²) < 4.78 is 4.98. The highest BCUT2D eigenvalue weighted by Crippen LogP contribution is 2.11. The molecule has 0 unspecified atom stereocenters. The minimum Gasteiger partial charge on any atom is -0.383 e. The predicted molar refractivity (Wildman–Crippen MR) is 91.5 cm³/mol. The summed E-state index contributed by atoms with van der Waals surface area (Å²) in [5.74, 6) is -0.0557. The van der Waals surface area contributed by atoms with E-state index in [1.54, 1.807) is 24.3 Å². The second kappa shape index (κ2) is 8.90. The molecule has 1 heterocycles. The Kier molecular flexibility index (Phi) is 6.56. The summed E-state index contributed by atoms with van der Waals surface area (Å²) in [6.45, 7) is 4.54. The van der Waals surface area contributed by atoms with Gasteiger partial charge in [0.1, 0.15) is 5.69 Å². The number of aromatic nitrogens is 1. The number of amides is 1. The van der Waals surface area contributed by atoms with Crippen molar-refractivity contribution in [3.63, 3.8) is 0 Å². The van der Waals surface area contributed by atoms with Crippen molar-refractivity contribution in [2.45, 2.75) is 13.5 Å². The van der Waals surface area contributed by atoms with Crippen LogP contribution in [-0.2, 0) is 11.3 Å². The molecule has 0 saturated heterocycles. The van der Waals surface area contributed by atoms with E-state index in [4.69, 9.17) is 4.74 Å². The minimum atomic E-state index is -0.0557. The molecule has 0 bridgehead atoms. The van der Waals surface area contributed by atoms with Gasteiger partial charge in [0.2, 0.25) is 0 Å². The van der Waals surface area contributed by atoms with Crippen molar-refractivity contribution in [1.29, 1.82) is 0 Å². The third kappa shape index (κ3) is 5.07. The number of pyridine rings is 1. The number of benzene rings is 1. The highest BCUT2D eigenvalue weighted by Gasteiger charge is 2.15. The van der Waals surface area contributed by atoms with Crippen LogP contribution in [0.3, 0.4) is 0 Å². The van der Waals surface area contributed by atoms with Crippen molar-refractivity contribution in [1.82, 2.24) is 9.88 Å². The fraction of sp³-hybridized carbons (Fsp3) is 0.333. The SMILES string of the molecule is CCN(Cc1ccccc1)C(=O)c1ccc(NCCOC)cn1. The number of nitrogens with zero attached hydrogens (tertiary/aromatic N) is 2. The van der Waals surface area contributed by atoms with Gasteiger partial charge in [0.05, 0.1) is 18.5 Å². The second-order valence-corrected chi connectivity index (χ2v) is 5.16. The number of anilines is 1. The lowest BCUT2D eigenvalue weighted by Crippen LogP contribution is -2.30. The molecule has 0 aliphatic rings. The van der Waals surface area contributed by atoms with Crippen LogP contribution in [0.2, 0.25) is 0 Å². The first-order valence-electron chi connectivity index (χ1n) is 7.76. The fourth-order valence-electron chi connectivity index (χ4n) is 2.22. The quantitative estimate of drug-likeness (QED) is 0.761. The first-order valence-corrected chi connectivity index (χ1v) is 7.76. The molecular weight excluding hydrogens is 290 g/mol. The molecule has 1 N–H and O–H groups in total. The van der Waals surface area contributed by atoms with E-state index in [0.29, 0.717) is 31.9 Å². The van der Waals surface area contributed by atoms with Gasteiger partial charge in [-0.3, -0.25) is 4.79 Å². The number of carbonyl (C=O) groups excluding carboxylic acids is 1. The molecule has 122 valence electrons. The molecule has 0 radical (unpaired) electrons. The van der Waals surface area contributed by atoms with E-state index in [9.17, 15) is 4.79 Å². The number of methoxy groups -OCH3 is 1. The number of carbonyl (C=O) groups is 1. The molecule has 0 aliphatic carbocycles.